The van der Waals surface area contributed by atoms with Crippen molar-refractivity contribution in [2.75, 3.05) is 0 Å². The van der Waals surface area contributed by atoms with Crippen LogP contribution in [0.4, 0.5) is 0 Å². The van der Waals surface area contributed by atoms with E-state index in [1.807, 2.05) is 60.7 Å². The molecule has 65 heavy (non-hydrogen) atoms. The van der Waals surface area contributed by atoms with Crippen LogP contribution in [0.2, 0.25) is 0 Å². The molecule has 0 atom stereocenters. The van der Waals surface area contributed by atoms with Crippen LogP contribution in [0.1, 0.15) is 230 Å². The first-order chi connectivity index (χ1) is 31.0. The van der Waals surface area contributed by atoms with Gasteiger partial charge in [-0.15, -0.1) is 0 Å². The summed E-state index contributed by atoms with van der Waals surface area (Å²) in [5, 5.41) is 3.08. The van der Waals surface area contributed by atoms with Gasteiger partial charge in [-0.05, 0) is 84.4 Å². The van der Waals surface area contributed by atoms with Gasteiger partial charge in [0.05, 0.1) is 9.79 Å². The van der Waals surface area contributed by atoms with E-state index in [1.165, 1.54) is 128 Å². The van der Waals surface area contributed by atoms with Gasteiger partial charge in [0.25, 0.3) is 0 Å². The van der Waals surface area contributed by atoms with Crippen molar-refractivity contribution in [1.82, 2.24) is 0 Å². The zero-order valence-electron chi connectivity index (χ0n) is 41.4. The molecular weight excluding hydrogens is 970 g/mol. The molecule has 4 rings (SSSR count). The van der Waals surface area contributed by atoms with Crippen molar-refractivity contribution in [2.45, 2.75) is 243 Å². The largest absolute Gasteiger partial charge is 2.00 e. The second-order valence-corrected chi connectivity index (χ2v) is 21.2. The summed E-state index contributed by atoms with van der Waals surface area (Å²) in [4.78, 5) is 0.0825. The summed E-state index contributed by atoms with van der Waals surface area (Å²) in [7, 11) is -9.07. The molecule has 0 saturated heterocycles. The third-order valence-electron chi connectivity index (χ3n) is 13.0. The maximum atomic E-state index is 12.3. The molecule has 9 heteroatoms. The van der Waals surface area contributed by atoms with E-state index in [0.717, 1.165) is 86.1 Å². The number of fused-ring (bicyclic) bond motifs is 2. The van der Waals surface area contributed by atoms with Gasteiger partial charge in [-0.3, -0.25) is 0 Å². The summed E-state index contributed by atoms with van der Waals surface area (Å²) in [5.41, 5.74) is 3.42. The molecule has 0 bridgehead atoms. The van der Waals surface area contributed by atoms with Crippen molar-refractivity contribution < 1.29 is 25.9 Å². The Hall–Kier alpha value is -1.21. The second-order valence-electron chi connectivity index (χ2n) is 18.5. The zero-order chi connectivity index (χ0) is 46.5. The topological polar surface area (TPSA) is 114 Å². The summed E-state index contributed by atoms with van der Waals surface area (Å²) in [6.45, 7) is 8.88. The standard InChI is InChI=1S/2C28H44O3S.Ba/c2*1-3-5-7-9-11-13-15-18-24-20-17-21-25-22-23-26(28(27(24)25)32(29,30)31)19-16-14-12-10-8-6-4-2;/h2*17,20-23H,3-16,18-19H2,1-2H3,(H,29,30,31);/q;;+2/p-2. The molecule has 0 saturated carbocycles. The van der Waals surface area contributed by atoms with E-state index in [2.05, 4.69) is 27.7 Å². The predicted octanol–water partition coefficient (Wildman–Crippen LogP) is 16.3. The molecule has 4 aromatic rings. The molecule has 0 heterocycles. The van der Waals surface area contributed by atoms with Gasteiger partial charge in [0.15, 0.2) is 0 Å². The Balaban J connectivity index is 0.000000440. The van der Waals surface area contributed by atoms with E-state index in [-0.39, 0.29) is 58.7 Å². The minimum absolute atomic E-state index is 0. The number of aryl methyl sites for hydroxylation is 4. The third-order valence-corrected chi connectivity index (χ3v) is 15.0. The smallest absolute Gasteiger partial charge is 0.744 e. The van der Waals surface area contributed by atoms with Gasteiger partial charge in [-0.1, -0.05) is 242 Å². The molecule has 360 valence electrons. The van der Waals surface area contributed by atoms with Crippen molar-refractivity contribution in [2.24, 2.45) is 0 Å². The van der Waals surface area contributed by atoms with E-state index < -0.39 is 20.2 Å². The Labute approximate surface area is 438 Å². The van der Waals surface area contributed by atoms with Crippen LogP contribution < -0.4 is 0 Å². The van der Waals surface area contributed by atoms with Gasteiger partial charge in [-0.2, -0.15) is 0 Å². The maximum Gasteiger partial charge on any atom is 2.00 e. The molecule has 0 amide bonds. The fourth-order valence-corrected chi connectivity index (χ4v) is 11.4. The van der Waals surface area contributed by atoms with Crippen LogP contribution in [0.25, 0.3) is 21.5 Å². The van der Waals surface area contributed by atoms with E-state index in [1.54, 1.807) is 0 Å². The number of rotatable bonds is 34. The van der Waals surface area contributed by atoms with Crippen molar-refractivity contribution in [3.05, 3.63) is 82.9 Å². The van der Waals surface area contributed by atoms with Gasteiger partial charge < -0.3 is 9.11 Å². The van der Waals surface area contributed by atoms with Gasteiger partial charge in [0, 0.05) is 10.8 Å². The Morgan fingerprint density at radius 1 is 0.323 bits per heavy atom. The summed E-state index contributed by atoms with van der Waals surface area (Å²) < 4.78 is 74.1. The first-order valence-corrected chi connectivity index (χ1v) is 28.8. The Morgan fingerprint density at radius 2 is 0.569 bits per heavy atom. The number of unbranched alkanes of at least 4 members (excludes halogenated alkanes) is 24. The van der Waals surface area contributed by atoms with Gasteiger partial charge >= 0.3 is 48.9 Å². The van der Waals surface area contributed by atoms with Crippen LogP contribution in [-0.2, 0) is 45.9 Å². The molecule has 0 aliphatic carbocycles. The molecule has 0 fully saturated rings. The predicted molar refractivity (Wildman–Crippen MR) is 276 cm³/mol. The van der Waals surface area contributed by atoms with Crippen LogP contribution in [-0.4, -0.2) is 74.8 Å². The minimum atomic E-state index is -4.53. The van der Waals surface area contributed by atoms with Gasteiger partial charge in [0.2, 0.25) is 0 Å². The van der Waals surface area contributed by atoms with Crippen molar-refractivity contribution in [3.8, 4) is 0 Å². The fourth-order valence-electron chi connectivity index (χ4n) is 9.40. The molecule has 4 aromatic carbocycles. The number of benzene rings is 4. The molecule has 0 spiro atoms. The molecule has 0 unspecified atom stereocenters. The van der Waals surface area contributed by atoms with Gasteiger partial charge in [-0.25, -0.2) is 16.8 Å². The Kier molecular flexibility index (Phi) is 32.2. The van der Waals surface area contributed by atoms with Crippen LogP contribution >= 0.6 is 0 Å². The van der Waals surface area contributed by atoms with Crippen molar-refractivity contribution >= 4 is 90.7 Å². The van der Waals surface area contributed by atoms with E-state index in [0.29, 0.717) is 34.7 Å². The Bertz CT molecular complexity index is 1960. The molecule has 0 radical (unpaired) electrons. The van der Waals surface area contributed by atoms with Crippen molar-refractivity contribution in [3.63, 3.8) is 0 Å². The molecular formula is C56H86BaO6S2. The second kappa shape index (κ2) is 35.0. The average Bonchev–Trinajstić information content (AvgIpc) is 3.27. The quantitative estimate of drug-likeness (QED) is 0.0261. The summed E-state index contributed by atoms with van der Waals surface area (Å²) >= 11 is 0. The minimum Gasteiger partial charge on any atom is -0.744 e. The summed E-state index contributed by atoms with van der Waals surface area (Å²) in [6.07, 6.45) is 36.5. The normalized spacial score (nSPS) is 11.8. The molecule has 0 aromatic heterocycles. The zero-order valence-corrected chi connectivity index (χ0v) is 47.4. The fraction of sp³-hybridized carbons (Fsp3) is 0.643. The molecule has 0 N–H and O–H groups in total. The summed E-state index contributed by atoms with van der Waals surface area (Å²) in [5.74, 6) is 0. The van der Waals surface area contributed by atoms with Crippen LogP contribution in [0.15, 0.2) is 70.5 Å². The average molecular weight is 1060 g/mol. The monoisotopic (exact) mass is 1060 g/mol. The first kappa shape index (κ1) is 59.9. The van der Waals surface area contributed by atoms with Crippen LogP contribution in [0.3, 0.4) is 0 Å². The van der Waals surface area contributed by atoms with E-state index >= 15 is 0 Å². The first-order valence-electron chi connectivity index (χ1n) is 26.0. The summed E-state index contributed by atoms with van der Waals surface area (Å²) in [6, 6.07) is 19.5. The molecule has 0 aliphatic rings. The SMILES string of the molecule is CCCCCCCCCc1ccc2cccc(CCCCCCCCC)c2c1S(=O)(=O)[O-].CCCCCCCCCc1ccc2cccc(CCCCCCCCC)c2c1S(=O)(=O)[O-].[Ba+2]. The van der Waals surface area contributed by atoms with Crippen molar-refractivity contribution in [1.29, 1.82) is 0 Å². The third kappa shape index (κ3) is 22.8. The number of hydrogen-bond donors (Lipinski definition) is 0. The van der Waals surface area contributed by atoms with Gasteiger partial charge in [0.1, 0.15) is 20.2 Å². The Morgan fingerprint density at radius 3 is 0.831 bits per heavy atom. The van der Waals surface area contributed by atoms with E-state index in [9.17, 15) is 25.9 Å². The van der Waals surface area contributed by atoms with Crippen LogP contribution in [0.5, 0.6) is 0 Å². The number of hydrogen-bond acceptors (Lipinski definition) is 6. The maximum absolute atomic E-state index is 12.3. The van der Waals surface area contributed by atoms with Crippen LogP contribution in [0, 0.1) is 0 Å². The van der Waals surface area contributed by atoms with E-state index in [4.69, 9.17) is 0 Å². The molecule has 6 nitrogen and oxygen atoms in total. The molecule has 0 aliphatic heterocycles.